The number of nitrogens with one attached hydrogen (secondary N) is 1. The lowest BCUT2D eigenvalue weighted by Gasteiger charge is -1.98. The van der Waals surface area contributed by atoms with Gasteiger partial charge in [-0.25, -0.2) is 4.99 Å². The smallest absolute Gasteiger partial charge is 0.401 e. The molecule has 1 N–H and O–H groups in total. The van der Waals surface area contributed by atoms with Crippen molar-refractivity contribution < 1.29 is 14.1 Å². The van der Waals surface area contributed by atoms with E-state index < -0.39 is 4.92 Å². The molecule has 1 aromatic carbocycles. The number of amides is 1. The molecule has 0 aliphatic carbocycles. The summed E-state index contributed by atoms with van der Waals surface area (Å²) in [5.41, 5.74) is 0.879. The number of nitro groups is 1. The Bertz CT molecular complexity index is 1010. The van der Waals surface area contributed by atoms with Crippen LogP contribution in [-0.4, -0.2) is 16.0 Å². The first-order valence-electron chi connectivity index (χ1n) is 7.26. The molecule has 2 aromatic rings. The minimum absolute atomic E-state index is 0.300. The molecule has 1 fully saturated rings. The minimum atomic E-state index is -0.627. The fourth-order valence-corrected chi connectivity index (χ4v) is 2.82. The maximum atomic E-state index is 12.0. The SMILES string of the molecule is N#Cc1ccccc1N=C1NC(=O)/C(=C/C=C/c2ccc([N+](=O)[O-])o2)S1. The molecule has 9 heteroatoms. The average Bonchev–Trinajstić information content (AvgIpc) is 3.23. The molecule has 1 aliphatic rings. The molecule has 0 radical (unpaired) electrons. The molecule has 1 amide bonds. The third-order valence-corrected chi connectivity index (χ3v) is 4.13. The van der Waals surface area contributed by atoms with Gasteiger partial charge in [0.25, 0.3) is 5.91 Å². The highest BCUT2D eigenvalue weighted by atomic mass is 32.2. The Kier molecular flexibility index (Phi) is 4.96. The number of amidine groups is 1. The van der Waals surface area contributed by atoms with Crippen molar-refractivity contribution in [2.24, 2.45) is 4.99 Å². The quantitative estimate of drug-likeness (QED) is 0.502. The average molecular weight is 366 g/mol. The summed E-state index contributed by atoms with van der Waals surface area (Å²) in [6, 6.07) is 11.6. The van der Waals surface area contributed by atoms with E-state index >= 15 is 0 Å². The van der Waals surface area contributed by atoms with E-state index in [9.17, 15) is 14.9 Å². The van der Waals surface area contributed by atoms with Crippen LogP contribution in [0.2, 0.25) is 0 Å². The van der Waals surface area contributed by atoms with Crippen LogP contribution in [0.15, 0.2) is 62.9 Å². The van der Waals surface area contributed by atoms with Crippen LogP contribution in [0, 0.1) is 21.4 Å². The Morgan fingerprint density at radius 3 is 2.85 bits per heavy atom. The van der Waals surface area contributed by atoms with E-state index in [-0.39, 0.29) is 11.8 Å². The van der Waals surface area contributed by atoms with E-state index in [1.165, 1.54) is 18.2 Å². The number of furan rings is 1. The summed E-state index contributed by atoms with van der Waals surface area (Å²) in [7, 11) is 0. The van der Waals surface area contributed by atoms with Gasteiger partial charge in [-0.05, 0) is 42.1 Å². The fourth-order valence-electron chi connectivity index (χ4n) is 2.03. The Morgan fingerprint density at radius 2 is 2.12 bits per heavy atom. The van der Waals surface area contributed by atoms with Crippen LogP contribution in [0.3, 0.4) is 0 Å². The van der Waals surface area contributed by atoms with Gasteiger partial charge in [-0.2, -0.15) is 5.26 Å². The van der Waals surface area contributed by atoms with Gasteiger partial charge < -0.3 is 9.73 Å². The Labute approximate surface area is 151 Å². The molecular formula is C17H10N4O4S. The summed E-state index contributed by atoms with van der Waals surface area (Å²) in [5.74, 6) is -0.372. The van der Waals surface area contributed by atoms with Crippen molar-refractivity contribution in [3.8, 4) is 6.07 Å². The number of allylic oxidation sites excluding steroid dienone is 2. The zero-order valence-corrected chi connectivity index (χ0v) is 13.9. The second-order valence-corrected chi connectivity index (χ2v) is 5.96. The van der Waals surface area contributed by atoms with E-state index in [0.29, 0.717) is 27.1 Å². The molecule has 0 spiro atoms. The van der Waals surface area contributed by atoms with Crippen LogP contribution >= 0.6 is 11.8 Å². The maximum absolute atomic E-state index is 12.0. The molecule has 0 bridgehead atoms. The zero-order chi connectivity index (χ0) is 18.5. The number of thioether (sulfide) groups is 1. The molecular weight excluding hydrogens is 356 g/mol. The lowest BCUT2D eigenvalue weighted by atomic mass is 10.2. The summed E-state index contributed by atoms with van der Waals surface area (Å²) < 4.78 is 4.99. The minimum Gasteiger partial charge on any atom is -0.401 e. The van der Waals surface area contributed by atoms with Crippen LogP contribution in [0.5, 0.6) is 0 Å². The van der Waals surface area contributed by atoms with Crippen molar-refractivity contribution in [3.63, 3.8) is 0 Å². The highest BCUT2D eigenvalue weighted by Gasteiger charge is 2.23. The number of nitriles is 1. The van der Waals surface area contributed by atoms with Crippen LogP contribution in [0.4, 0.5) is 11.6 Å². The van der Waals surface area contributed by atoms with Gasteiger partial charge in [-0.3, -0.25) is 14.9 Å². The van der Waals surface area contributed by atoms with Gasteiger partial charge >= 0.3 is 5.88 Å². The van der Waals surface area contributed by atoms with Gasteiger partial charge in [-0.1, -0.05) is 18.2 Å². The van der Waals surface area contributed by atoms with E-state index in [1.54, 1.807) is 36.4 Å². The number of carbonyl (C=O) groups excluding carboxylic acids is 1. The molecule has 1 aliphatic heterocycles. The van der Waals surface area contributed by atoms with Crippen LogP contribution < -0.4 is 5.32 Å². The zero-order valence-electron chi connectivity index (χ0n) is 13.1. The molecule has 0 saturated carbocycles. The van der Waals surface area contributed by atoms with Crippen molar-refractivity contribution in [1.82, 2.24) is 5.32 Å². The Morgan fingerprint density at radius 1 is 1.31 bits per heavy atom. The molecule has 3 rings (SSSR count). The number of benzene rings is 1. The summed E-state index contributed by atoms with van der Waals surface area (Å²) in [5, 5.41) is 22.6. The normalized spacial score (nSPS) is 17.0. The lowest BCUT2D eigenvalue weighted by Crippen LogP contribution is -2.19. The van der Waals surface area contributed by atoms with Crippen molar-refractivity contribution in [2.45, 2.75) is 0 Å². The van der Waals surface area contributed by atoms with Gasteiger partial charge in [0.05, 0.1) is 22.2 Å². The number of nitrogens with zero attached hydrogens (tertiary/aromatic N) is 3. The van der Waals surface area contributed by atoms with Gasteiger partial charge in [0.1, 0.15) is 16.8 Å². The number of hydrogen-bond donors (Lipinski definition) is 1. The Hall–Kier alpha value is -3.64. The summed E-state index contributed by atoms with van der Waals surface area (Å²) in [6.07, 6.45) is 4.61. The van der Waals surface area contributed by atoms with Gasteiger partial charge in [0.2, 0.25) is 0 Å². The molecule has 8 nitrogen and oxygen atoms in total. The fraction of sp³-hybridized carbons (Fsp3) is 0. The second kappa shape index (κ2) is 7.50. The summed E-state index contributed by atoms with van der Waals surface area (Å²) in [4.78, 5) is 26.6. The molecule has 2 heterocycles. The molecule has 128 valence electrons. The van der Waals surface area contributed by atoms with Crippen molar-refractivity contribution in [3.05, 3.63) is 74.9 Å². The largest absolute Gasteiger partial charge is 0.433 e. The third-order valence-electron chi connectivity index (χ3n) is 3.20. The standard InChI is InChI=1S/C17H10N4O4S/c18-10-11-4-1-2-6-13(11)19-17-20-16(22)14(26-17)7-3-5-12-8-9-15(25-12)21(23)24/h1-9H,(H,19,20,22)/b5-3+,14-7-. The van der Waals surface area contributed by atoms with Crippen molar-refractivity contribution >= 4 is 40.5 Å². The van der Waals surface area contributed by atoms with Crippen molar-refractivity contribution in [2.75, 3.05) is 0 Å². The van der Waals surface area contributed by atoms with E-state index in [1.807, 2.05) is 6.07 Å². The van der Waals surface area contributed by atoms with Gasteiger partial charge in [0, 0.05) is 0 Å². The summed E-state index contributed by atoms with van der Waals surface area (Å²) in [6.45, 7) is 0. The first kappa shape index (κ1) is 17.2. The number of aliphatic imine (C=N–C) groups is 1. The third kappa shape index (κ3) is 3.88. The predicted molar refractivity (Wildman–Crippen MR) is 96.5 cm³/mol. The van der Waals surface area contributed by atoms with Crippen molar-refractivity contribution in [1.29, 1.82) is 5.26 Å². The molecule has 26 heavy (non-hydrogen) atoms. The van der Waals surface area contributed by atoms with E-state index in [0.717, 1.165) is 11.8 Å². The van der Waals surface area contributed by atoms with E-state index in [2.05, 4.69) is 10.3 Å². The van der Waals surface area contributed by atoms with Gasteiger partial charge in [-0.15, -0.1) is 0 Å². The highest BCUT2D eigenvalue weighted by Crippen LogP contribution is 2.27. The first-order valence-corrected chi connectivity index (χ1v) is 8.08. The predicted octanol–water partition coefficient (Wildman–Crippen LogP) is 3.51. The number of hydrogen-bond acceptors (Lipinski definition) is 7. The van der Waals surface area contributed by atoms with Gasteiger partial charge in [0.15, 0.2) is 5.17 Å². The maximum Gasteiger partial charge on any atom is 0.433 e. The number of carbonyl (C=O) groups is 1. The lowest BCUT2D eigenvalue weighted by molar-refractivity contribution is -0.402. The molecule has 0 atom stereocenters. The topological polar surface area (TPSA) is 122 Å². The second-order valence-electron chi connectivity index (χ2n) is 4.93. The highest BCUT2D eigenvalue weighted by molar-refractivity contribution is 8.18. The van der Waals surface area contributed by atoms with Crippen LogP contribution in [-0.2, 0) is 4.79 Å². The van der Waals surface area contributed by atoms with Crippen LogP contribution in [0.1, 0.15) is 11.3 Å². The molecule has 1 aromatic heterocycles. The summed E-state index contributed by atoms with van der Waals surface area (Å²) >= 11 is 1.13. The Balaban J connectivity index is 1.74. The monoisotopic (exact) mass is 366 g/mol. The molecule has 0 unspecified atom stereocenters. The van der Waals surface area contributed by atoms with Crippen LogP contribution in [0.25, 0.3) is 6.08 Å². The molecule has 1 saturated heterocycles. The number of rotatable bonds is 4. The van der Waals surface area contributed by atoms with E-state index in [4.69, 9.17) is 9.68 Å². The number of para-hydroxylation sites is 1. The first-order chi connectivity index (χ1) is 12.6.